The van der Waals surface area contributed by atoms with Gasteiger partial charge in [0.1, 0.15) is 0 Å². The molecule has 0 bridgehead atoms. The zero-order valence-corrected chi connectivity index (χ0v) is 15.9. The molecule has 3 rings (SSSR count). The maximum atomic E-state index is 3.69. The Balaban J connectivity index is 0.000000810. The molecule has 1 atom stereocenters. The zero-order chi connectivity index (χ0) is 11.0. The maximum absolute atomic E-state index is 3.69. The van der Waals surface area contributed by atoms with Gasteiger partial charge >= 0.3 is 118 Å². The van der Waals surface area contributed by atoms with E-state index in [1.165, 1.54) is 21.8 Å². The Bertz CT molecular complexity index is 562. The quantitative estimate of drug-likeness (QED) is 0.516. The van der Waals surface area contributed by atoms with Crippen LogP contribution in [0.3, 0.4) is 0 Å². The normalized spacial score (nSPS) is 13.1. The van der Waals surface area contributed by atoms with Gasteiger partial charge in [0, 0.05) is 0 Å². The molecule has 0 spiro atoms. The average molecular weight is 439 g/mol. The van der Waals surface area contributed by atoms with Gasteiger partial charge in [-0.05, 0) is 0 Å². The van der Waals surface area contributed by atoms with Crippen molar-refractivity contribution in [3.63, 3.8) is 0 Å². The minimum Gasteiger partial charge on any atom is -1.00 e. The van der Waals surface area contributed by atoms with Crippen molar-refractivity contribution < 1.29 is 48.0 Å². The summed E-state index contributed by atoms with van der Waals surface area (Å²) in [7, 11) is 0.918. The Morgan fingerprint density at radius 3 is 2.78 bits per heavy atom. The Kier molecular flexibility index (Phi) is 6.94. The van der Waals surface area contributed by atoms with Crippen LogP contribution in [0.25, 0.3) is 10.9 Å². The van der Waals surface area contributed by atoms with Gasteiger partial charge in [-0.1, -0.05) is 0 Å². The molecule has 0 amide bonds. The summed E-state index contributed by atoms with van der Waals surface area (Å²) < 4.78 is 4.70. The molecule has 0 saturated heterocycles. The van der Waals surface area contributed by atoms with Gasteiger partial charge in [-0.25, -0.2) is 0 Å². The SMILES string of the molecule is Brc1c[c]([Zr+2][C]2=CC=CC2)[pH]c2cccc1-2.[Cl-].[Cl-]. The molecule has 18 heavy (non-hydrogen) atoms. The molecule has 92 valence electrons. The van der Waals surface area contributed by atoms with Crippen LogP contribution in [0, 0.1) is 0 Å². The van der Waals surface area contributed by atoms with Gasteiger partial charge in [0.15, 0.2) is 0 Å². The van der Waals surface area contributed by atoms with Crippen molar-refractivity contribution in [1.82, 2.24) is 0 Å². The summed E-state index contributed by atoms with van der Waals surface area (Å²) in [4.78, 5) is 0. The Morgan fingerprint density at radius 2 is 2.06 bits per heavy atom. The van der Waals surface area contributed by atoms with Crippen LogP contribution in [-0.4, -0.2) is 0 Å². The minimum absolute atomic E-state index is 0. The molecule has 1 aliphatic heterocycles. The summed E-state index contributed by atoms with van der Waals surface area (Å²) in [6, 6.07) is 9.02. The van der Waals surface area contributed by atoms with Crippen LogP contribution in [0.5, 0.6) is 0 Å². The summed E-state index contributed by atoms with van der Waals surface area (Å²) in [6.45, 7) is 0. The molecular formula is C13H10BrCl2PZr. The molecule has 2 aliphatic carbocycles. The van der Waals surface area contributed by atoms with Gasteiger partial charge in [0.05, 0.1) is 0 Å². The second-order valence-electron chi connectivity index (χ2n) is 3.83. The third kappa shape index (κ3) is 3.62. The van der Waals surface area contributed by atoms with Crippen molar-refractivity contribution in [2.24, 2.45) is 0 Å². The molecular weight excluding hydrogens is 429 g/mol. The summed E-state index contributed by atoms with van der Waals surface area (Å²) in [5, 5.41) is 1.52. The zero-order valence-electron chi connectivity index (χ0n) is 9.38. The van der Waals surface area contributed by atoms with E-state index in [-0.39, 0.29) is 24.8 Å². The van der Waals surface area contributed by atoms with Crippen molar-refractivity contribution in [2.45, 2.75) is 6.42 Å². The van der Waals surface area contributed by atoms with Crippen LogP contribution < -0.4 is 27.8 Å². The van der Waals surface area contributed by atoms with E-state index >= 15 is 0 Å². The van der Waals surface area contributed by atoms with E-state index < -0.39 is 23.2 Å². The first-order chi connectivity index (χ1) is 7.83. The molecule has 0 N–H and O–H groups in total. The number of rotatable bonds is 2. The first kappa shape index (κ1) is 16.7. The van der Waals surface area contributed by atoms with E-state index in [4.69, 9.17) is 0 Å². The maximum Gasteiger partial charge on any atom is -1.00 e. The van der Waals surface area contributed by atoms with Crippen LogP contribution in [-0.2, 0) is 23.2 Å². The van der Waals surface area contributed by atoms with Gasteiger partial charge in [-0.2, -0.15) is 0 Å². The monoisotopic (exact) mass is 436 g/mol. The second kappa shape index (κ2) is 7.46. The van der Waals surface area contributed by atoms with E-state index in [2.05, 4.69) is 58.4 Å². The molecule has 0 aromatic rings. The summed E-state index contributed by atoms with van der Waals surface area (Å²) in [5.74, 6) is 0. The summed E-state index contributed by atoms with van der Waals surface area (Å²) in [5.41, 5.74) is 1.40. The summed E-state index contributed by atoms with van der Waals surface area (Å²) in [6.07, 6.45) is 8.01. The fraction of sp³-hybridized carbons (Fsp3) is 0.0769. The first-order valence-electron chi connectivity index (χ1n) is 5.23. The van der Waals surface area contributed by atoms with Crippen LogP contribution >= 0.6 is 24.1 Å². The third-order valence-electron chi connectivity index (χ3n) is 2.68. The van der Waals surface area contributed by atoms with Gasteiger partial charge in [0.25, 0.3) is 0 Å². The van der Waals surface area contributed by atoms with E-state index in [1.807, 2.05) is 0 Å². The molecule has 0 nitrogen and oxygen atoms in total. The van der Waals surface area contributed by atoms with Gasteiger partial charge < -0.3 is 24.8 Å². The first-order valence-corrected chi connectivity index (χ1v) is 9.48. The minimum atomic E-state index is -0.481. The number of hydrogen-bond acceptors (Lipinski definition) is 0. The van der Waals surface area contributed by atoms with Crippen LogP contribution in [0.1, 0.15) is 6.42 Å². The Hall–Kier alpha value is 0.683. The number of halogens is 3. The van der Waals surface area contributed by atoms with Gasteiger partial charge in [-0.15, -0.1) is 0 Å². The fourth-order valence-electron chi connectivity index (χ4n) is 1.90. The van der Waals surface area contributed by atoms with E-state index in [0.717, 1.165) is 8.19 Å². The fourth-order valence-corrected chi connectivity index (χ4v) is 9.26. The molecule has 0 aromatic heterocycles. The van der Waals surface area contributed by atoms with Crippen molar-refractivity contribution in [3.05, 3.63) is 50.2 Å². The summed E-state index contributed by atoms with van der Waals surface area (Å²) >= 11 is 3.21. The predicted molar refractivity (Wildman–Crippen MR) is 71.7 cm³/mol. The van der Waals surface area contributed by atoms with E-state index in [9.17, 15) is 0 Å². The van der Waals surface area contributed by atoms with Gasteiger partial charge in [0.2, 0.25) is 0 Å². The largest absolute Gasteiger partial charge is 1.00 e. The topological polar surface area (TPSA) is 0 Å². The second-order valence-corrected chi connectivity index (χ2v) is 10.8. The van der Waals surface area contributed by atoms with Gasteiger partial charge in [-0.3, -0.25) is 0 Å². The van der Waals surface area contributed by atoms with Crippen LogP contribution in [0.15, 0.2) is 50.2 Å². The molecule has 0 radical (unpaired) electrons. The van der Waals surface area contributed by atoms with Crippen LogP contribution in [0.2, 0.25) is 0 Å². The standard InChI is InChI=1S/C8H5BrP.C5H5.2ClH.Zr/c9-7-4-5-10-8-3-1-2-6(7)8;1-2-4-5-3-1;;;/h1-4,10H;1-3H,4H2;2*1H;/q;;;;+2/p-2. The predicted octanol–water partition coefficient (Wildman–Crippen LogP) is -1.86. The number of allylic oxidation sites excluding steroid dienone is 4. The molecule has 3 aliphatic rings. The number of hydrogen-bond donors (Lipinski definition) is 0. The van der Waals surface area contributed by atoms with E-state index in [1.54, 1.807) is 6.28 Å². The average Bonchev–Trinajstić information content (AvgIpc) is 2.87. The van der Waals surface area contributed by atoms with Crippen LogP contribution in [0.4, 0.5) is 0 Å². The molecule has 0 fully saturated rings. The molecule has 0 aromatic carbocycles. The van der Waals surface area contributed by atoms with Crippen molar-refractivity contribution >= 4 is 27.1 Å². The van der Waals surface area contributed by atoms with Crippen molar-refractivity contribution in [1.29, 1.82) is 0 Å². The smallest absolute Gasteiger partial charge is 1.00 e. The Morgan fingerprint density at radius 1 is 1.22 bits per heavy atom. The van der Waals surface area contributed by atoms with Crippen molar-refractivity contribution in [2.75, 3.05) is 0 Å². The van der Waals surface area contributed by atoms with E-state index in [0.29, 0.717) is 0 Å². The third-order valence-corrected chi connectivity index (χ3v) is 8.83. The van der Waals surface area contributed by atoms with Crippen molar-refractivity contribution in [3.8, 4) is 10.9 Å². The Labute approximate surface area is 141 Å². The number of fused-ring (bicyclic) bond motifs is 1. The molecule has 1 heterocycles. The molecule has 0 saturated carbocycles. The molecule has 5 heteroatoms. The molecule has 1 unspecified atom stereocenters.